The predicted molar refractivity (Wildman–Crippen MR) is 72.4 cm³/mol. The van der Waals surface area contributed by atoms with Crippen LogP contribution in [0.4, 0.5) is 5.00 Å². The van der Waals surface area contributed by atoms with E-state index >= 15 is 0 Å². The van der Waals surface area contributed by atoms with E-state index in [1.54, 1.807) is 17.0 Å². The monoisotopic (exact) mass is 279 g/mol. The fourth-order valence-corrected chi connectivity index (χ4v) is 2.92. The van der Waals surface area contributed by atoms with E-state index in [-0.39, 0.29) is 5.56 Å². The first kappa shape index (κ1) is 11.3. The summed E-state index contributed by atoms with van der Waals surface area (Å²) >= 11 is 2.74. The fraction of sp³-hybridized carbons (Fsp3) is 0.200. The molecule has 3 aromatic heterocycles. The SMILES string of the molecule is CNc1snnc1Cn1cnc2sccc2c1=O. The summed E-state index contributed by atoms with van der Waals surface area (Å²) in [5.41, 5.74) is 0.706. The molecular weight excluding hydrogens is 270 g/mol. The van der Waals surface area contributed by atoms with Crippen molar-refractivity contribution in [2.24, 2.45) is 0 Å². The summed E-state index contributed by atoms with van der Waals surface area (Å²) < 4.78 is 5.41. The van der Waals surface area contributed by atoms with Crippen LogP contribution in [0.15, 0.2) is 22.6 Å². The third-order valence-corrected chi connectivity index (χ3v) is 4.16. The molecule has 0 atom stereocenters. The number of nitrogens with one attached hydrogen (secondary N) is 1. The Bertz CT molecular complexity index is 744. The maximum atomic E-state index is 12.2. The van der Waals surface area contributed by atoms with Crippen LogP contribution in [-0.4, -0.2) is 26.2 Å². The first-order valence-electron chi connectivity index (χ1n) is 5.21. The average Bonchev–Trinajstić information content (AvgIpc) is 3.01. The number of hydrogen-bond donors (Lipinski definition) is 1. The normalized spacial score (nSPS) is 10.9. The van der Waals surface area contributed by atoms with Crippen LogP contribution in [0.5, 0.6) is 0 Å². The third-order valence-electron chi connectivity index (χ3n) is 2.55. The van der Waals surface area contributed by atoms with Crippen molar-refractivity contribution in [2.45, 2.75) is 6.54 Å². The standard InChI is InChI=1S/C10H9N5OS2/c1-11-9-7(13-14-18-9)4-15-5-12-8-6(10(15)16)2-3-17-8/h2-3,5,11H,4H2,1H3. The van der Waals surface area contributed by atoms with Crippen molar-refractivity contribution in [3.05, 3.63) is 33.8 Å². The van der Waals surface area contributed by atoms with Gasteiger partial charge in [0.05, 0.1) is 18.3 Å². The van der Waals surface area contributed by atoms with Gasteiger partial charge in [-0.25, -0.2) is 4.98 Å². The van der Waals surface area contributed by atoms with Gasteiger partial charge in [-0.1, -0.05) is 4.49 Å². The van der Waals surface area contributed by atoms with Gasteiger partial charge in [0.15, 0.2) is 0 Å². The fourth-order valence-electron chi connectivity index (χ4n) is 1.67. The second kappa shape index (κ2) is 4.46. The van der Waals surface area contributed by atoms with Gasteiger partial charge in [-0.15, -0.1) is 16.4 Å². The first-order valence-corrected chi connectivity index (χ1v) is 6.86. The molecule has 0 aliphatic heterocycles. The highest BCUT2D eigenvalue weighted by Crippen LogP contribution is 2.18. The number of hydrogen-bond acceptors (Lipinski definition) is 7. The molecule has 6 nitrogen and oxygen atoms in total. The van der Waals surface area contributed by atoms with Gasteiger partial charge in [0, 0.05) is 18.6 Å². The zero-order valence-corrected chi connectivity index (χ0v) is 11.1. The Balaban J connectivity index is 2.05. The minimum Gasteiger partial charge on any atom is -0.377 e. The molecule has 0 bridgehead atoms. The van der Waals surface area contributed by atoms with Gasteiger partial charge in [-0.2, -0.15) is 0 Å². The zero-order chi connectivity index (χ0) is 12.5. The molecule has 0 radical (unpaired) electrons. The summed E-state index contributed by atoms with van der Waals surface area (Å²) in [5.74, 6) is 0. The Kier molecular flexibility index (Phi) is 2.80. The summed E-state index contributed by atoms with van der Waals surface area (Å²) in [6.45, 7) is 0.379. The second-order valence-corrected chi connectivity index (χ2v) is 5.26. The van der Waals surface area contributed by atoms with E-state index in [0.29, 0.717) is 11.9 Å². The molecule has 3 aromatic rings. The average molecular weight is 279 g/mol. The molecule has 0 aromatic carbocycles. The molecule has 0 fully saturated rings. The highest BCUT2D eigenvalue weighted by atomic mass is 32.1. The molecular formula is C10H9N5OS2. The molecule has 0 spiro atoms. The first-order chi connectivity index (χ1) is 8.79. The summed E-state index contributed by atoms with van der Waals surface area (Å²) in [4.78, 5) is 17.2. The number of fused-ring (bicyclic) bond motifs is 1. The lowest BCUT2D eigenvalue weighted by molar-refractivity contribution is 0.728. The molecule has 0 saturated heterocycles. The van der Waals surface area contributed by atoms with Crippen molar-refractivity contribution < 1.29 is 0 Å². The molecule has 18 heavy (non-hydrogen) atoms. The summed E-state index contributed by atoms with van der Waals surface area (Å²) in [6, 6.07) is 1.80. The van der Waals surface area contributed by atoms with Crippen LogP contribution in [0.3, 0.4) is 0 Å². The van der Waals surface area contributed by atoms with Crippen LogP contribution in [0.25, 0.3) is 10.2 Å². The van der Waals surface area contributed by atoms with Gasteiger partial charge in [0.1, 0.15) is 15.5 Å². The van der Waals surface area contributed by atoms with Crippen molar-refractivity contribution in [1.82, 2.24) is 19.1 Å². The van der Waals surface area contributed by atoms with E-state index in [0.717, 1.165) is 15.5 Å². The minimum atomic E-state index is -0.0451. The van der Waals surface area contributed by atoms with Crippen LogP contribution in [0.1, 0.15) is 5.69 Å². The van der Waals surface area contributed by atoms with Gasteiger partial charge in [-0.3, -0.25) is 9.36 Å². The Morgan fingerprint density at radius 3 is 3.22 bits per heavy atom. The van der Waals surface area contributed by atoms with Crippen LogP contribution in [0, 0.1) is 0 Å². The smallest absolute Gasteiger partial charge is 0.262 e. The van der Waals surface area contributed by atoms with Gasteiger partial charge < -0.3 is 5.32 Å². The topological polar surface area (TPSA) is 72.7 Å². The Morgan fingerprint density at radius 1 is 1.50 bits per heavy atom. The maximum Gasteiger partial charge on any atom is 0.262 e. The molecule has 3 rings (SSSR count). The zero-order valence-electron chi connectivity index (χ0n) is 9.45. The van der Waals surface area contributed by atoms with Crippen molar-refractivity contribution in [3.8, 4) is 0 Å². The predicted octanol–water partition coefficient (Wildman–Crippen LogP) is 1.40. The summed E-state index contributed by atoms with van der Waals surface area (Å²) in [7, 11) is 1.81. The lowest BCUT2D eigenvalue weighted by Crippen LogP contribution is -2.21. The number of rotatable bonds is 3. The van der Waals surface area contributed by atoms with Crippen molar-refractivity contribution >= 4 is 38.1 Å². The Labute approximate surface area is 110 Å². The molecule has 0 aliphatic rings. The van der Waals surface area contributed by atoms with Crippen LogP contribution >= 0.6 is 22.9 Å². The van der Waals surface area contributed by atoms with E-state index in [4.69, 9.17) is 0 Å². The molecule has 0 saturated carbocycles. The van der Waals surface area contributed by atoms with E-state index < -0.39 is 0 Å². The minimum absolute atomic E-state index is 0.0451. The molecule has 8 heteroatoms. The number of thiophene rings is 1. The second-order valence-electron chi connectivity index (χ2n) is 3.62. The molecule has 0 unspecified atom stereocenters. The van der Waals surface area contributed by atoms with Crippen molar-refractivity contribution in [3.63, 3.8) is 0 Å². The Hall–Kier alpha value is -1.80. The number of aromatic nitrogens is 4. The molecule has 1 N–H and O–H groups in total. The molecule has 0 aliphatic carbocycles. The largest absolute Gasteiger partial charge is 0.377 e. The van der Waals surface area contributed by atoms with Gasteiger partial charge >= 0.3 is 0 Å². The summed E-state index contributed by atoms with van der Waals surface area (Å²) in [6.07, 6.45) is 1.56. The Morgan fingerprint density at radius 2 is 2.39 bits per heavy atom. The lowest BCUT2D eigenvalue weighted by Gasteiger charge is -2.03. The van der Waals surface area contributed by atoms with Crippen LogP contribution in [-0.2, 0) is 6.54 Å². The highest BCUT2D eigenvalue weighted by molar-refractivity contribution is 7.16. The number of anilines is 1. The van der Waals surface area contributed by atoms with Crippen molar-refractivity contribution in [1.29, 1.82) is 0 Å². The van der Waals surface area contributed by atoms with Crippen LogP contribution < -0.4 is 10.9 Å². The number of nitrogens with zero attached hydrogens (tertiary/aromatic N) is 4. The third kappa shape index (κ3) is 1.79. The lowest BCUT2D eigenvalue weighted by atomic mass is 10.4. The highest BCUT2D eigenvalue weighted by Gasteiger charge is 2.10. The maximum absolute atomic E-state index is 12.2. The molecule has 0 amide bonds. The molecule has 3 heterocycles. The van der Waals surface area contributed by atoms with E-state index in [2.05, 4.69) is 19.9 Å². The molecule has 92 valence electrons. The van der Waals surface area contributed by atoms with Crippen molar-refractivity contribution in [2.75, 3.05) is 12.4 Å². The summed E-state index contributed by atoms with van der Waals surface area (Å²) in [5, 5.41) is 10.4. The van der Waals surface area contributed by atoms with Gasteiger partial charge in [-0.05, 0) is 11.4 Å². The van der Waals surface area contributed by atoms with Crippen LogP contribution in [0.2, 0.25) is 0 Å². The van der Waals surface area contributed by atoms with E-state index in [9.17, 15) is 4.79 Å². The van der Waals surface area contributed by atoms with Gasteiger partial charge in [0.2, 0.25) is 0 Å². The quantitative estimate of drug-likeness (QED) is 0.784. The van der Waals surface area contributed by atoms with E-state index in [1.165, 1.54) is 22.9 Å². The van der Waals surface area contributed by atoms with E-state index in [1.807, 2.05) is 12.4 Å². The van der Waals surface area contributed by atoms with Gasteiger partial charge in [0.25, 0.3) is 5.56 Å².